The van der Waals surface area contributed by atoms with Crippen LogP contribution in [0.3, 0.4) is 0 Å². The summed E-state index contributed by atoms with van der Waals surface area (Å²) < 4.78 is 6.58. The van der Waals surface area contributed by atoms with Gasteiger partial charge in [0.15, 0.2) is 0 Å². The van der Waals surface area contributed by atoms with E-state index in [1.807, 2.05) is 59.8 Å². The molecule has 1 fully saturated rings. The first-order valence-corrected chi connectivity index (χ1v) is 12.3. The highest BCUT2D eigenvalue weighted by Gasteiger charge is 2.20. The number of amides is 2. The molecule has 1 N–H and O–H groups in total. The molecule has 2 amide bonds. The van der Waals surface area contributed by atoms with Gasteiger partial charge in [-0.3, -0.25) is 14.4 Å². The second kappa shape index (κ2) is 11.2. The van der Waals surface area contributed by atoms with Crippen LogP contribution in [0.5, 0.6) is 0 Å². The highest BCUT2D eigenvalue weighted by Crippen LogP contribution is 2.22. The van der Waals surface area contributed by atoms with Gasteiger partial charge in [0, 0.05) is 42.9 Å². The topological polar surface area (TPSA) is 93.5 Å². The fourth-order valence-corrected chi connectivity index (χ4v) is 4.57. The highest BCUT2D eigenvalue weighted by molar-refractivity contribution is 5.95. The molecular formula is C28H32N4O4. The average Bonchev–Trinajstić information content (AvgIpc) is 3.19. The summed E-state index contributed by atoms with van der Waals surface area (Å²) >= 11 is 0. The number of carbonyl (C=O) groups is 3. The second-order valence-electron chi connectivity index (χ2n) is 9.04. The number of anilines is 1. The molecule has 0 saturated carbocycles. The van der Waals surface area contributed by atoms with Crippen LogP contribution in [-0.4, -0.2) is 41.2 Å². The van der Waals surface area contributed by atoms with E-state index < -0.39 is 0 Å². The van der Waals surface area contributed by atoms with E-state index in [9.17, 15) is 14.4 Å². The molecule has 1 aliphatic rings. The molecule has 1 aliphatic heterocycles. The maximum atomic E-state index is 12.8. The summed E-state index contributed by atoms with van der Waals surface area (Å²) in [5.41, 5.74) is 6.07. The summed E-state index contributed by atoms with van der Waals surface area (Å²) in [6, 6.07) is 15.0. The molecule has 2 heterocycles. The lowest BCUT2D eigenvalue weighted by Gasteiger charge is -2.27. The Morgan fingerprint density at radius 2 is 1.83 bits per heavy atom. The van der Waals surface area contributed by atoms with Crippen LogP contribution in [0, 0.1) is 13.8 Å². The standard InChI is InChI=1S/C28H32N4O4/c1-19-25(14-15-27(34)36-3)20(2)32(30-19)23-12-10-22(11-13-23)28(35)29-18-21-7-6-8-24(17-21)31-16-5-4-9-26(31)33/h6-8,10-13,17H,4-5,9,14-16,18H2,1-3H3,(H,29,35). The predicted octanol–water partition coefficient (Wildman–Crippen LogP) is 4.04. The van der Waals surface area contributed by atoms with Crippen molar-refractivity contribution < 1.29 is 19.1 Å². The molecule has 188 valence electrons. The Morgan fingerprint density at radius 1 is 1.06 bits per heavy atom. The number of aromatic nitrogens is 2. The Hall–Kier alpha value is -3.94. The quantitative estimate of drug-likeness (QED) is 0.483. The van der Waals surface area contributed by atoms with Crippen molar-refractivity contribution in [1.82, 2.24) is 15.1 Å². The Labute approximate surface area is 211 Å². The smallest absolute Gasteiger partial charge is 0.305 e. The van der Waals surface area contributed by atoms with Crippen molar-refractivity contribution in [2.24, 2.45) is 0 Å². The number of ether oxygens (including phenoxy) is 1. The summed E-state index contributed by atoms with van der Waals surface area (Å²) in [4.78, 5) is 38.4. The molecular weight excluding hydrogens is 456 g/mol. The van der Waals surface area contributed by atoms with Gasteiger partial charge in [0.25, 0.3) is 5.91 Å². The van der Waals surface area contributed by atoms with Crippen molar-refractivity contribution in [2.45, 2.75) is 52.5 Å². The zero-order valence-electron chi connectivity index (χ0n) is 21.0. The number of nitrogens with one attached hydrogen (secondary N) is 1. The zero-order valence-corrected chi connectivity index (χ0v) is 21.0. The third kappa shape index (κ3) is 5.64. The fourth-order valence-electron chi connectivity index (χ4n) is 4.57. The van der Waals surface area contributed by atoms with Crippen LogP contribution in [0.1, 0.15) is 58.6 Å². The number of hydrogen-bond donors (Lipinski definition) is 1. The molecule has 0 bridgehead atoms. The number of benzene rings is 2. The van der Waals surface area contributed by atoms with Gasteiger partial charge in [0.1, 0.15) is 0 Å². The zero-order chi connectivity index (χ0) is 25.7. The summed E-state index contributed by atoms with van der Waals surface area (Å²) in [7, 11) is 1.39. The summed E-state index contributed by atoms with van der Waals surface area (Å²) in [5.74, 6) is -0.266. The molecule has 0 aliphatic carbocycles. The minimum Gasteiger partial charge on any atom is -0.469 e. The van der Waals surface area contributed by atoms with Crippen LogP contribution in [0.15, 0.2) is 48.5 Å². The van der Waals surface area contributed by atoms with E-state index in [1.54, 1.807) is 12.1 Å². The molecule has 36 heavy (non-hydrogen) atoms. The maximum Gasteiger partial charge on any atom is 0.305 e. The van der Waals surface area contributed by atoms with E-state index in [4.69, 9.17) is 4.74 Å². The van der Waals surface area contributed by atoms with Gasteiger partial charge in [-0.15, -0.1) is 0 Å². The number of hydrogen-bond acceptors (Lipinski definition) is 5. The van der Waals surface area contributed by atoms with E-state index in [0.717, 1.165) is 53.3 Å². The minimum atomic E-state index is -0.247. The van der Waals surface area contributed by atoms with Gasteiger partial charge < -0.3 is 15.0 Å². The molecule has 8 nitrogen and oxygen atoms in total. The van der Waals surface area contributed by atoms with Gasteiger partial charge in [-0.2, -0.15) is 5.10 Å². The van der Waals surface area contributed by atoms with Crippen molar-refractivity contribution >= 4 is 23.5 Å². The summed E-state index contributed by atoms with van der Waals surface area (Å²) in [6.07, 6.45) is 3.41. The predicted molar refractivity (Wildman–Crippen MR) is 137 cm³/mol. The first kappa shape index (κ1) is 25.2. The highest BCUT2D eigenvalue weighted by atomic mass is 16.5. The van der Waals surface area contributed by atoms with Gasteiger partial charge >= 0.3 is 5.97 Å². The molecule has 2 aromatic carbocycles. The monoisotopic (exact) mass is 488 g/mol. The number of esters is 1. The van der Waals surface area contributed by atoms with Crippen LogP contribution in [0.4, 0.5) is 5.69 Å². The normalized spacial score (nSPS) is 13.5. The lowest BCUT2D eigenvalue weighted by molar-refractivity contribution is -0.140. The molecule has 0 spiro atoms. The fraction of sp³-hybridized carbons (Fsp3) is 0.357. The van der Waals surface area contributed by atoms with Crippen molar-refractivity contribution in [3.8, 4) is 5.69 Å². The number of methoxy groups -OCH3 is 1. The van der Waals surface area contributed by atoms with E-state index in [-0.39, 0.29) is 17.8 Å². The SMILES string of the molecule is COC(=O)CCc1c(C)nn(-c2ccc(C(=O)NCc3cccc(N4CCCCC4=O)c3)cc2)c1C. The number of nitrogens with zero attached hydrogens (tertiary/aromatic N) is 3. The number of aryl methyl sites for hydroxylation is 1. The van der Waals surface area contributed by atoms with Crippen LogP contribution in [0.25, 0.3) is 5.69 Å². The lowest BCUT2D eigenvalue weighted by atomic mass is 10.1. The maximum absolute atomic E-state index is 12.8. The van der Waals surface area contributed by atoms with Gasteiger partial charge in [0.2, 0.25) is 5.91 Å². The third-order valence-electron chi connectivity index (χ3n) is 6.62. The Morgan fingerprint density at radius 3 is 2.56 bits per heavy atom. The largest absolute Gasteiger partial charge is 0.469 e. The van der Waals surface area contributed by atoms with Crippen molar-refractivity contribution in [3.05, 3.63) is 76.6 Å². The molecule has 0 radical (unpaired) electrons. The van der Waals surface area contributed by atoms with Gasteiger partial charge in [-0.25, -0.2) is 4.68 Å². The van der Waals surface area contributed by atoms with Crippen LogP contribution >= 0.6 is 0 Å². The molecule has 8 heteroatoms. The Balaban J connectivity index is 1.40. The second-order valence-corrected chi connectivity index (χ2v) is 9.04. The first-order valence-electron chi connectivity index (χ1n) is 12.3. The molecule has 1 saturated heterocycles. The van der Waals surface area contributed by atoms with Gasteiger partial charge in [-0.1, -0.05) is 12.1 Å². The first-order chi connectivity index (χ1) is 17.4. The van der Waals surface area contributed by atoms with E-state index in [2.05, 4.69) is 10.4 Å². The summed E-state index contributed by atoms with van der Waals surface area (Å²) in [6.45, 7) is 5.01. The number of piperidine rings is 1. The van der Waals surface area contributed by atoms with E-state index >= 15 is 0 Å². The molecule has 4 rings (SSSR count). The Bertz CT molecular complexity index is 1260. The van der Waals surface area contributed by atoms with Crippen molar-refractivity contribution in [1.29, 1.82) is 0 Å². The van der Waals surface area contributed by atoms with Gasteiger partial charge in [-0.05, 0) is 80.6 Å². The van der Waals surface area contributed by atoms with Crippen LogP contribution in [0.2, 0.25) is 0 Å². The molecule has 3 aromatic rings. The van der Waals surface area contributed by atoms with Crippen LogP contribution < -0.4 is 10.2 Å². The number of carbonyl (C=O) groups excluding carboxylic acids is 3. The van der Waals surface area contributed by atoms with E-state index in [1.165, 1.54) is 7.11 Å². The summed E-state index contributed by atoms with van der Waals surface area (Å²) in [5, 5.41) is 7.59. The van der Waals surface area contributed by atoms with Crippen LogP contribution in [-0.2, 0) is 27.3 Å². The number of rotatable bonds is 8. The third-order valence-corrected chi connectivity index (χ3v) is 6.62. The molecule has 0 unspecified atom stereocenters. The van der Waals surface area contributed by atoms with Crippen molar-refractivity contribution in [2.75, 3.05) is 18.6 Å². The van der Waals surface area contributed by atoms with Crippen molar-refractivity contribution in [3.63, 3.8) is 0 Å². The average molecular weight is 489 g/mol. The Kier molecular flexibility index (Phi) is 7.83. The van der Waals surface area contributed by atoms with Gasteiger partial charge in [0.05, 0.1) is 18.5 Å². The molecule has 0 atom stereocenters. The molecule has 1 aromatic heterocycles. The lowest BCUT2D eigenvalue weighted by Crippen LogP contribution is -2.35. The van der Waals surface area contributed by atoms with E-state index in [0.29, 0.717) is 31.4 Å². The minimum absolute atomic E-state index is 0.153.